The minimum Gasteiger partial charge on any atom is -0.455 e. The van der Waals surface area contributed by atoms with Crippen LogP contribution in [-0.2, 0) is 28.7 Å². The number of carbonyl (C=O) groups excluding carboxylic acids is 4. The molecule has 5 bridgehead atoms. The highest BCUT2D eigenvalue weighted by Crippen LogP contribution is 2.55. The molecule has 5 rings (SSSR count). The van der Waals surface area contributed by atoms with Gasteiger partial charge in [-0.15, -0.1) is 0 Å². The summed E-state index contributed by atoms with van der Waals surface area (Å²) in [7, 11) is 0. The lowest BCUT2D eigenvalue weighted by molar-refractivity contribution is -0.159. The smallest absolute Gasteiger partial charge is 0.313 e. The first-order valence-electron chi connectivity index (χ1n) is 14.7. The number of unbranched alkanes of at least 4 members (excludes halogenated alkanes) is 1. The molecule has 2 N–H and O–H groups in total. The fraction of sp³-hybridized carbons (Fsp3) is 0.548. The minimum absolute atomic E-state index is 0.0880. The fourth-order valence-corrected chi connectivity index (χ4v) is 6.45. The third-order valence-corrected chi connectivity index (χ3v) is 8.48. The molecule has 4 aliphatic rings. The van der Waals surface area contributed by atoms with E-state index in [9.17, 15) is 24.3 Å². The van der Waals surface area contributed by atoms with Gasteiger partial charge in [0.05, 0.1) is 18.6 Å². The predicted octanol–water partition coefficient (Wildman–Crippen LogP) is 1.90. The summed E-state index contributed by atoms with van der Waals surface area (Å²) in [4.78, 5) is 57.9. The molecule has 3 amide bonds. The molecule has 0 unspecified atom stereocenters. The number of fused-ring (bicyclic) bond motifs is 2. The van der Waals surface area contributed by atoms with Crippen molar-refractivity contribution >= 4 is 23.7 Å². The highest BCUT2D eigenvalue weighted by molar-refractivity contribution is 5.99. The summed E-state index contributed by atoms with van der Waals surface area (Å²) in [5.74, 6) is -3.24. The van der Waals surface area contributed by atoms with Crippen molar-refractivity contribution in [3.8, 4) is 0 Å². The van der Waals surface area contributed by atoms with Crippen molar-refractivity contribution < 1.29 is 33.8 Å². The summed E-state index contributed by atoms with van der Waals surface area (Å²) in [6, 6.07) is 8.20. The Hall–Kier alpha value is -3.50. The number of cyclic esters (lactones) is 1. The lowest BCUT2D eigenvalue weighted by Gasteiger charge is -2.36. The summed E-state index contributed by atoms with van der Waals surface area (Å²) in [5.41, 5.74) is -0.577. The zero-order valence-electron chi connectivity index (χ0n) is 23.4. The van der Waals surface area contributed by atoms with E-state index in [0.717, 1.165) is 18.4 Å². The average molecular weight is 566 g/mol. The van der Waals surface area contributed by atoms with Gasteiger partial charge >= 0.3 is 5.97 Å². The Kier molecular flexibility index (Phi) is 8.89. The van der Waals surface area contributed by atoms with E-state index >= 15 is 0 Å². The number of aliphatic hydroxyl groups is 1. The Labute approximate surface area is 240 Å². The van der Waals surface area contributed by atoms with Crippen LogP contribution in [0.2, 0.25) is 0 Å². The van der Waals surface area contributed by atoms with Crippen LogP contribution in [0.25, 0.3) is 0 Å². The maximum atomic E-state index is 14.3. The standard InChI is InChI=1S/C31H39N3O7/c1-2-3-16-33-17-9-5-8-13-24(36)32-20-23(21-11-6-4-7-12-21)40-30(39)25-22-14-15-31(41-22)26(25)28(37)34(18-10-19-35)27(31)29(33)38/h4-7,9,11-12,14-15,22-23,25-27,35H,2-3,8,10,13,16-20H2,1H3,(H,32,36)/b9-5-/t22-,23-,25+,26+,27-,31+/m0/s1. The number of esters is 1. The molecule has 0 aliphatic carbocycles. The lowest BCUT2D eigenvalue weighted by Crippen LogP contribution is -2.56. The Bertz CT molecular complexity index is 1200. The second kappa shape index (κ2) is 12.6. The predicted molar refractivity (Wildman–Crippen MR) is 149 cm³/mol. The number of rotatable bonds is 7. The number of amides is 3. The van der Waals surface area contributed by atoms with Gasteiger partial charge in [0.25, 0.3) is 0 Å². The Morgan fingerprint density at radius 2 is 1.85 bits per heavy atom. The first-order chi connectivity index (χ1) is 19.9. The molecule has 1 aromatic carbocycles. The van der Waals surface area contributed by atoms with Crippen LogP contribution >= 0.6 is 0 Å². The molecule has 10 nitrogen and oxygen atoms in total. The van der Waals surface area contributed by atoms with Crippen molar-refractivity contribution in [2.75, 3.05) is 32.8 Å². The normalized spacial score (nSPS) is 32.7. The molecule has 220 valence electrons. The second-order valence-corrected chi connectivity index (χ2v) is 11.1. The molecule has 6 atom stereocenters. The quantitative estimate of drug-likeness (QED) is 0.382. The monoisotopic (exact) mass is 565 g/mol. The molecule has 2 fully saturated rings. The van der Waals surface area contributed by atoms with Crippen molar-refractivity contribution in [1.82, 2.24) is 15.1 Å². The van der Waals surface area contributed by atoms with Crippen LogP contribution in [-0.4, -0.2) is 89.1 Å². The molecule has 2 saturated heterocycles. The van der Waals surface area contributed by atoms with Crippen molar-refractivity contribution in [2.24, 2.45) is 11.8 Å². The molecule has 41 heavy (non-hydrogen) atoms. The number of benzene rings is 1. The van der Waals surface area contributed by atoms with Gasteiger partial charge in [0.1, 0.15) is 23.7 Å². The number of aliphatic hydroxyl groups excluding tert-OH is 1. The third-order valence-electron chi connectivity index (χ3n) is 8.48. The van der Waals surface area contributed by atoms with E-state index in [1.165, 1.54) is 4.90 Å². The van der Waals surface area contributed by atoms with Crippen LogP contribution in [0.4, 0.5) is 0 Å². The van der Waals surface area contributed by atoms with E-state index < -0.39 is 41.7 Å². The van der Waals surface area contributed by atoms with Crippen molar-refractivity contribution in [3.05, 3.63) is 60.2 Å². The Morgan fingerprint density at radius 1 is 1.05 bits per heavy atom. The second-order valence-electron chi connectivity index (χ2n) is 11.1. The minimum atomic E-state index is -1.30. The molecule has 10 heteroatoms. The third kappa shape index (κ3) is 5.55. The molecular weight excluding hydrogens is 526 g/mol. The number of nitrogens with zero attached hydrogens (tertiary/aromatic N) is 2. The Morgan fingerprint density at radius 3 is 2.61 bits per heavy atom. The van der Waals surface area contributed by atoms with E-state index in [4.69, 9.17) is 9.47 Å². The zero-order chi connectivity index (χ0) is 29.0. The Balaban J connectivity index is 1.53. The van der Waals surface area contributed by atoms with Gasteiger partial charge in [0, 0.05) is 32.7 Å². The van der Waals surface area contributed by atoms with E-state index in [-0.39, 0.29) is 43.8 Å². The van der Waals surface area contributed by atoms with Crippen molar-refractivity contribution in [3.63, 3.8) is 0 Å². The zero-order valence-corrected chi connectivity index (χ0v) is 23.4. The van der Waals surface area contributed by atoms with E-state index in [1.807, 2.05) is 49.4 Å². The van der Waals surface area contributed by atoms with Crippen LogP contribution in [0.5, 0.6) is 0 Å². The largest absolute Gasteiger partial charge is 0.455 e. The molecule has 1 aromatic rings. The average Bonchev–Trinajstić information content (AvgIpc) is 3.62. The van der Waals surface area contributed by atoms with Crippen LogP contribution < -0.4 is 5.32 Å². The number of carbonyl (C=O) groups is 4. The summed E-state index contributed by atoms with van der Waals surface area (Å²) < 4.78 is 12.4. The molecular formula is C31H39N3O7. The van der Waals surface area contributed by atoms with Gasteiger partial charge in [-0.05, 0) is 24.8 Å². The molecule has 0 aromatic heterocycles. The molecule has 4 heterocycles. The molecule has 0 saturated carbocycles. The van der Waals surface area contributed by atoms with Gasteiger partial charge in [-0.2, -0.15) is 0 Å². The van der Waals surface area contributed by atoms with Crippen LogP contribution in [0.15, 0.2) is 54.6 Å². The summed E-state index contributed by atoms with van der Waals surface area (Å²) in [6.07, 6.45) is 8.55. The molecule has 0 radical (unpaired) electrons. The van der Waals surface area contributed by atoms with Crippen molar-refractivity contribution in [1.29, 1.82) is 0 Å². The number of nitrogens with one attached hydrogen (secondary N) is 1. The number of likely N-dealkylation sites (tertiary alicyclic amines) is 1. The SMILES string of the molecule is CCCCN1C/C=C\CCC(=O)NC[C@@H](c2ccccc2)OC(=O)[C@@H]2[C@@H]3C=C[C@]4(O3)[C@H](C1=O)N(CCCO)C(=O)[C@@H]24. The van der Waals surface area contributed by atoms with Gasteiger partial charge in [0.15, 0.2) is 0 Å². The van der Waals surface area contributed by atoms with E-state index in [1.54, 1.807) is 17.1 Å². The molecule has 1 spiro atoms. The van der Waals surface area contributed by atoms with Gasteiger partial charge in [0.2, 0.25) is 17.7 Å². The van der Waals surface area contributed by atoms with Crippen LogP contribution in [0.1, 0.15) is 50.7 Å². The first-order valence-corrected chi connectivity index (χ1v) is 14.7. The topological polar surface area (TPSA) is 125 Å². The fourth-order valence-electron chi connectivity index (χ4n) is 6.45. The summed E-state index contributed by atoms with van der Waals surface area (Å²) in [6.45, 7) is 2.99. The van der Waals surface area contributed by atoms with E-state index in [2.05, 4.69) is 5.32 Å². The van der Waals surface area contributed by atoms with E-state index in [0.29, 0.717) is 25.9 Å². The van der Waals surface area contributed by atoms with Gasteiger partial charge in [-0.1, -0.05) is 68.0 Å². The van der Waals surface area contributed by atoms with Gasteiger partial charge < -0.3 is 29.7 Å². The maximum Gasteiger partial charge on any atom is 0.313 e. The van der Waals surface area contributed by atoms with Crippen LogP contribution in [0, 0.1) is 11.8 Å². The summed E-state index contributed by atoms with van der Waals surface area (Å²) in [5, 5.41) is 12.4. The number of allylic oxidation sites excluding steroid dienone is 1. The van der Waals surface area contributed by atoms with Gasteiger partial charge in [-0.3, -0.25) is 19.2 Å². The number of hydrogen-bond acceptors (Lipinski definition) is 7. The molecule has 4 aliphatic heterocycles. The van der Waals surface area contributed by atoms with Crippen molar-refractivity contribution in [2.45, 2.75) is 62.9 Å². The highest BCUT2D eigenvalue weighted by atomic mass is 16.6. The number of hydrogen-bond donors (Lipinski definition) is 2. The highest BCUT2D eigenvalue weighted by Gasteiger charge is 2.73. The first kappa shape index (κ1) is 29.0. The maximum absolute atomic E-state index is 14.3. The van der Waals surface area contributed by atoms with Crippen LogP contribution in [0.3, 0.4) is 0 Å². The lowest BCUT2D eigenvalue weighted by atomic mass is 9.74. The number of ether oxygens (including phenoxy) is 2. The summed E-state index contributed by atoms with van der Waals surface area (Å²) >= 11 is 0. The van der Waals surface area contributed by atoms with Gasteiger partial charge in [-0.25, -0.2) is 0 Å².